The van der Waals surface area contributed by atoms with Crippen LogP contribution in [0.25, 0.3) is 0 Å². The molecule has 6 heteroatoms. The molecule has 1 atom stereocenters. The van der Waals surface area contributed by atoms with E-state index in [9.17, 15) is 4.79 Å². The molecule has 1 amide bonds. The Kier molecular flexibility index (Phi) is 5.06. The first-order chi connectivity index (χ1) is 10.7. The zero-order chi connectivity index (χ0) is 15.5. The third kappa shape index (κ3) is 3.31. The molecule has 1 aromatic carbocycles. The number of carbonyl (C=O) groups excluding carboxylic acids is 1. The van der Waals surface area contributed by atoms with Crippen molar-refractivity contribution < 1.29 is 4.79 Å². The maximum Gasteiger partial charge on any atom is 0.265 e. The molecule has 0 N–H and O–H groups in total. The van der Waals surface area contributed by atoms with Gasteiger partial charge in [-0.15, -0.1) is 11.3 Å². The molecule has 3 rings (SSSR count). The van der Waals surface area contributed by atoms with Gasteiger partial charge in [0, 0.05) is 29.1 Å². The van der Waals surface area contributed by atoms with Crippen LogP contribution >= 0.6 is 34.7 Å². The highest BCUT2D eigenvalue weighted by Gasteiger charge is 2.25. The van der Waals surface area contributed by atoms with E-state index in [1.165, 1.54) is 16.9 Å². The minimum atomic E-state index is 0.111. The lowest BCUT2D eigenvalue weighted by molar-refractivity contribution is 0.0770. The Morgan fingerprint density at radius 1 is 1.36 bits per heavy atom. The number of nitrogens with zero attached hydrogens (tertiary/aromatic N) is 2. The van der Waals surface area contributed by atoms with Crippen LogP contribution in [0.4, 0.5) is 0 Å². The van der Waals surface area contributed by atoms with Gasteiger partial charge < -0.3 is 4.90 Å². The zero-order valence-corrected chi connectivity index (χ0v) is 14.7. The first kappa shape index (κ1) is 15.8. The molecule has 1 aromatic heterocycles. The van der Waals surface area contributed by atoms with Gasteiger partial charge in [0.05, 0.1) is 11.2 Å². The molecule has 2 aromatic rings. The van der Waals surface area contributed by atoms with Crippen LogP contribution in [0, 0.1) is 6.92 Å². The van der Waals surface area contributed by atoms with Crippen LogP contribution in [0.5, 0.6) is 0 Å². The van der Waals surface area contributed by atoms with Crippen molar-refractivity contribution in [1.29, 1.82) is 0 Å². The van der Waals surface area contributed by atoms with Crippen molar-refractivity contribution in [1.82, 2.24) is 9.88 Å². The summed E-state index contributed by atoms with van der Waals surface area (Å²) in [5.41, 5.74) is 3.74. The zero-order valence-electron chi connectivity index (χ0n) is 12.3. The number of hydrogen-bond donors (Lipinski definition) is 0. The second-order valence-corrected chi connectivity index (χ2v) is 7.80. The van der Waals surface area contributed by atoms with E-state index in [0.29, 0.717) is 5.25 Å². The Balaban J connectivity index is 1.72. The Labute approximate surface area is 143 Å². The minimum absolute atomic E-state index is 0.111. The summed E-state index contributed by atoms with van der Waals surface area (Å²) >= 11 is 9.62. The Bertz CT molecular complexity index is 674. The minimum Gasteiger partial charge on any atom is -0.337 e. The van der Waals surface area contributed by atoms with E-state index in [1.807, 2.05) is 41.8 Å². The van der Waals surface area contributed by atoms with Crippen molar-refractivity contribution in [2.24, 2.45) is 0 Å². The number of hydrogen-bond acceptors (Lipinski definition) is 4. The van der Waals surface area contributed by atoms with E-state index in [4.69, 9.17) is 11.6 Å². The molecule has 1 aliphatic rings. The van der Waals surface area contributed by atoms with Gasteiger partial charge >= 0.3 is 0 Å². The van der Waals surface area contributed by atoms with Gasteiger partial charge in [-0.25, -0.2) is 4.98 Å². The quantitative estimate of drug-likeness (QED) is 0.801. The Morgan fingerprint density at radius 2 is 2.18 bits per heavy atom. The number of halogens is 1. The molecule has 2 heterocycles. The van der Waals surface area contributed by atoms with Gasteiger partial charge in [0.2, 0.25) is 0 Å². The first-order valence-corrected chi connectivity index (χ1v) is 9.53. The number of rotatable bonds is 2. The summed E-state index contributed by atoms with van der Waals surface area (Å²) in [5.74, 6) is 1.04. The number of thiazole rings is 1. The number of carbonyl (C=O) groups is 1. The summed E-state index contributed by atoms with van der Waals surface area (Å²) in [6.45, 7) is 3.43. The van der Waals surface area contributed by atoms with Crippen molar-refractivity contribution >= 4 is 40.6 Å². The Hall–Kier alpha value is -1.04. The van der Waals surface area contributed by atoms with Crippen LogP contribution < -0.4 is 0 Å². The molecule has 0 spiro atoms. The average molecular weight is 353 g/mol. The van der Waals surface area contributed by atoms with Crippen molar-refractivity contribution in [3.05, 3.63) is 50.9 Å². The van der Waals surface area contributed by atoms with Gasteiger partial charge in [-0.05, 0) is 25.0 Å². The molecule has 3 nitrogen and oxygen atoms in total. The summed E-state index contributed by atoms with van der Waals surface area (Å²) in [7, 11) is 0. The second-order valence-electron chi connectivity index (χ2n) is 5.23. The molecule has 1 unspecified atom stereocenters. The maximum absolute atomic E-state index is 12.6. The number of amides is 1. The van der Waals surface area contributed by atoms with Crippen molar-refractivity contribution in [2.45, 2.75) is 18.6 Å². The lowest BCUT2D eigenvalue weighted by Gasteiger charge is -2.20. The summed E-state index contributed by atoms with van der Waals surface area (Å²) in [5, 5.41) is 1.17. The van der Waals surface area contributed by atoms with E-state index >= 15 is 0 Å². The number of aryl methyl sites for hydroxylation is 1. The smallest absolute Gasteiger partial charge is 0.265 e. The average Bonchev–Trinajstić information content (AvgIpc) is 2.80. The SMILES string of the molecule is Cc1ncsc1C(=O)N1CCSC(c2ccccc2Cl)CC1. The number of thioether (sulfide) groups is 1. The molecule has 116 valence electrons. The maximum atomic E-state index is 12.6. The third-order valence-electron chi connectivity index (χ3n) is 3.82. The predicted molar refractivity (Wildman–Crippen MR) is 94.0 cm³/mol. The van der Waals surface area contributed by atoms with Crippen LogP contribution in [0.1, 0.15) is 32.6 Å². The molecule has 0 saturated carbocycles. The van der Waals surface area contributed by atoms with Gasteiger partial charge in [-0.2, -0.15) is 11.8 Å². The molecule has 0 bridgehead atoms. The van der Waals surface area contributed by atoms with Gasteiger partial charge in [0.25, 0.3) is 5.91 Å². The number of benzene rings is 1. The highest BCUT2D eigenvalue weighted by atomic mass is 35.5. The van der Waals surface area contributed by atoms with Gasteiger partial charge in [-0.1, -0.05) is 29.8 Å². The molecule has 0 radical (unpaired) electrons. The third-order valence-corrected chi connectivity index (χ3v) is 6.39. The summed E-state index contributed by atoms with van der Waals surface area (Å²) in [6.07, 6.45) is 0.929. The molecule has 1 saturated heterocycles. The van der Waals surface area contributed by atoms with Crippen LogP contribution in [0.2, 0.25) is 5.02 Å². The second kappa shape index (κ2) is 7.02. The summed E-state index contributed by atoms with van der Waals surface area (Å²) < 4.78 is 0. The molecular weight excluding hydrogens is 336 g/mol. The fourth-order valence-electron chi connectivity index (χ4n) is 2.61. The van der Waals surface area contributed by atoms with Crippen molar-refractivity contribution in [2.75, 3.05) is 18.8 Å². The molecule has 1 fully saturated rings. The summed E-state index contributed by atoms with van der Waals surface area (Å²) in [6, 6.07) is 8.00. The topological polar surface area (TPSA) is 33.2 Å². The van der Waals surface area contributed by atoms with E-state index in [1.54, 1.807) is 5.51 Å². The monoisotopic (exact) mass is 352 g/mol. The van der Waals surface area contributed by atoms with Gasteiger partial charge in [0.1, 0.15) is 4.88 Å². The highest BCUT2D eigenvalue weighted by molar-refractivity contribution is 7.99. The van der Waals surface area contributed by atoms with Crippen LogP contribution in [0.3, 0.4) is 0 Å². The lowest BCUT2D eigenvalue weighted by atomic mass is 10.1. The van der Waals surface area contributed by atoms with E-state index in [0.717, 1.165) is 40.9 Å². The molecule has 0 aliphatic carbocycles. The molecule has 1 aliphatic heterocycles. The van der Waals surface area contributed by atoms with Crippen LogP contribution in [-0.4, -0.2) is 34.6 Å². The largest absolute Gasteiger partial charge is 0.337 e. The van der Waals surface area contributed by atoms with E-state index in [2.05, 4.69) is 11.1 Å². The lowest BCUT2D eigenvalue weighted by Crippen LogP contribution is -2.32. The standard InChI is InChI=1S/C16H17ClN2OS2/c1-11-15(22-10-18-11)16(20)19-7-6-14(21-9-8-19)12-4-2-3-5-13(12)17/h2-5,10,14H,6-9H2,1H3. The van der Waals surface area contributed by atoms with Crippen molar-refractivity contribution in [3.8, 4) is 0 Å². The first-order valence-electron chi connectivity index (χ1n) is 7.22. The van der Waals surface area contributed by atoms with Gasteiger partial charge in [-0.3, -0.25) is 4.79 Å². The van der Waals surface area contributed by atoms with E-state index < -0.39 is 0 Å². The highest BCUT2D eigenvalue weighted by Crippen LogP contribution is 2.38. The Morgan fingerprint density at radius 3 is 2.91 bits per heavy atom. The molecular formula is C16H17ClN2OS2. The van der Waals surface area contributed by atoms with Crippen LogP contribution in [-0.2, 0) is 0 Å². The normalized spacial score (nSPS) is 19.0. The number of aromatic nitrogens is 1. The van der Waals surface area contributed by atoms with Gasteiger partial charge in [0.15, 0.2) is 0 Å². The van der Waals surface area contributed by atoms with E-state index in [-0.39, 0.29) is 5.91 Å². The summed E-state index contributed by atoms with van der Waals surface area (Å²) in [4.78, 5) is 19.5. The van der Waals surface area contributed by atoms with Crippen LogP contribution in [0.15, 0.2) is 29.8 Å². The predicted octanol–water partition coefficient (Wildman–Crippen LogP) is 4.43. The molecule has 22 heavy (non-hydrogen) atoms. The fraction of sp³-hybridized carbons (Fsp3) is 0.375. The fourth-order valence-corrected chi connectivity index (χ4v) is 4.98. The van der Waals surface area contributed by atoms with Crippen molar-refractivity contribution in [3.63, 3.8) is 0 Å².